The lowest BCUT2D eigenvalue weighted by atomic mass is 10.1. The van der Waals surface area contributed by atoms with Crippen LogP contribution in [0.15, 0.2) is 52.9 Å². The van der Waals surface area contributed by atoms with Gasteiger partial charge in [-0.15, -0.1) is 22.0 Å². The second-order valence-electron chi connectivity index (χ2n) is 6.53. The highest BCUT2D eigenvalue weighted by Crippen LogP contribution is 2.39. The Balaban J connectivity index is 1.75. The highest BCUT2D eigenvalue weighted by molar-refractivity contribution is 7.99. The third kappa shape index (κ3) is 5.67. The molecule has 7 heteroatoms. The topological polar surface area (TPSA) is 68.4 Å². The molecular weight excluding hydrogens is 408 g/mol. The molecule has 0 aliphatic heterocycles. The molecule has 0 amide bonds. The number of unbranched alkanes of at least 4 members (excludes halogenated alkanes) is 1. The summed E-state index contributed by atoms with van der Waals surface area (Å²) in [5, 5.41) is 18.4. The Hall–Kier alpha value is -2.18. The van der Waals surface area contributed by atoms with Crippen molar-refractivity contribution in [2.45, 2.75) is 43.9 Å². The summed E-state index contributed by atoms with van der Waals surface area (Å²) >= 11 is 7.83. The van der Waals surface area contributed by atoms with Crippen molar-refractivity contribution in [2.75, 3.05) is 5.75 Å². The fourth-order valence-electron chi connectivity index (χ4n) is 2.87. The first-order valence-electron chi connectivity index (χ1n) is 9.76. The summed E-state index contributed by atoms with van der Waals surface area (Å²) in [5.74, 6) is 2.67. The third-order valence-electron chi connectivity index (χ3n) is 4.37. The number of hydrogen-bond acceptors (Lipinski definition) is 6. The van der Waals surface area contributed by atoms with Crippen molar-refractivity contribution in [1.29, 1.82) is 0 Å². The van der Waals surface area contributed by atoms with Crippen LogP contribution in [0.1, 0.15) is 49.8 Å². The van der Waals surface area contributed by atoms with Crippen LogP contribution in [0.3, 0.4) is 0 Å². The quantitative estimate of drug-likeness (QED) is 0.373. The monoisotopic (exact) mass is 432 g/mol. The smallest absolute Gasteiger partial charge is 0.247 e. The average molecular weight is 433 g/mol. The van der Waals surface area contributed by atoms with Crippen LogP contribution in [0, 0.1) is 0 Å². The molecule has 0 radical (unpaired) electrons. The number of halogens is 1. The fraction of sp³-hybridized carbons (Fsp3) is 0.364. The van der Waals surface area contributed by atoms with Crippen LogP contribution < -0.4 is 4.74 Å². The van der Waals surface area contributed by atoms with Gasteiger partial charge in [0, 0.05) is 11.1 Å². The number of thioether (sulfide) groups is 1. The minimum absolute atomic E-state index is 0.221. The number of phenols is 1. The van der Waals surface area contributed by atoms with Gasteiger partial charge < -0.3 is 14.3 Å². The number of aromatic nitrogens is 2. The van der Waals surface area contributed by atoms with Crippen LogP contribution in [0.4, 0.5) is 0 Å². The van der Waals surface area contributed by atoms with E-state index in [0.29, 0.717) is 17.5 Å². The molecule has 2 aromatic carbocycles. The fourth-order valence-corrected chi connectivity index (χ4v) is 4.08. The Labute approximate surface area is 180 Å². The molecule has 1 heterocycles. The number of rotatable bonds is 10. The Kier molecular flexibility index (Phi) is 7.83. The maximum Gasteiger partial charge on any atom is 0.247 e. The maximum absolute atomic E-state index is 10.2. The van der Waals surface area contributed by atoms with Gasteiger partial charge in [-0.1, -0.05) is 50.1 Å². The number of nitrogens with zero attached hydrogens (tertiary/aromatic N) is 2. The second-order valence-corrected chi connectivity index (χ2v) is 8.40. The van der Waals surface area contributed by atoms with Gasteiger partial charge in [0.2, 0.25) is 11.8 Å². The molecule has 0 aliphatic carbocycles. The summed E-state index contributed by atoms with van der Waals surface area (Å²) in [5.41, 5.74) is 1.23. The summed E-state index contributed by atoms with van der Waals surface area (Å²) in [6, 6.07) is 14.7. The Morgan fingerprint density at radius 3 is 2.55 bits per heavy atom. The molecule has 154 valence electrons. The van der Waals surface area contributed by atoms with Gasteiger partial charge in [0.1, 0.15) is 16.7 Å². The van der Waals surface area contributed by atoms with Gasteiger partial charge >= 0.3 is 0 Å². The molecule has 5 nitrogen and oxygen atoms in total. The average Bonchev–Trinajstić information content (AvgIpc) is 3.21. The minimum Gasteiger partial charge on any atom is -0.508 e. The van der Waals surface area contributed by atoms with E-state index in [9.17, 15) is 5.11 Å². The predicted octanol–water partition coefficient (Wildman–Crippen LogP) is 6.42. The van der Waals surface area contributed by atoms with E-state index in [-0.39, 0.29) is 16.6 Å². The van der Waals surface area contributed by atoms with Crippen LogP contribution >= 0.6 is 23.4 Å². The number of para-hydroxylation sites is 1. The zero-order valence-corrected chi connectivity index (χ0v) is 18.1. The molecule has 0 saturated heterocycles. The van der Waals surface area contributed by atoms with E-state index in [1.165, 1.54) is 0 Å². The number of benzene rings is 2. The summed E-state index contributed by atoms with van der Waals surface area (Å²) in [4.78, 5) is 0. The number of ether oxygens (including phenoxy) is 1. The van der Waals surface area contributed by atoms with Crippen molar-refractivity contribution in [3.05, 3.63) is 60.0 Å². The number of phenolic OH excluding ortho intramolecular Hbond substituents is 1. The standard InChI is InChI=1S/C22H25ClN2O3S/c1-3-5-10-19(23)27-16-13-11-15(12-14-16)21-24-25-22(28-21)20(29-4-2)17-8-6-7-9-18(17)26/h6-9,11-14,19-20,26H,3-5,10H2,1-2H3. The highest BCUT2D eigenvalue weighted by atomic mass is 35.5. The predicted molar refractivity (Wildman–Crippen MR) is 118 cm³/mol. The normalized spacial score (nSPS) is 13.2. The SMILES string of the molecule is CCCCC(Cl)Oc1ccc(-c2nnc(C(SCC)c3ccccc3O)o2)cc1. The molecule has 2 unspecified atom stereocenters. The van der Waals surface area contributed by atoms with Gasteiger partial charge in [-0.3, -0.25) is 0 Å². The summed E-state index contributed by atoms with van der Waals surface area (Å²) in [6.45, 7) is 4.18. The highest BCUT2D eigenvalue weighted by Gasteiger charge is 2.24. The van der Waals surface area contributed by atoms with Crippen LogP contribution in [0.2, 0.25) is 0 Å². The molecule has 1 N–H and O–H groups in total. The molecule has 29 heavy (non-hydrogen) atoms. The van der Waals surface area contributed by atoms with E-state index in [1.54, 1.807) is 23.9 Å². The molecule has 2 atom stereocenters. The van der Waals surface area contributed by atoms with Crippen molar-refractivity contribution < 1.29 is 14.3 Å². The molecule has 0 saturated carbocycles. The third-order valence-corrected chi connectivity index (χ3v) is 5.80. The number of alkyl halides is 1. The van der Waals surface area contributed by atoms with Crippen molar-refractivity contribution in [3.63, 3.8) is 0 Å². The minimum atomic E-state index is -0.332. The molecule has 1 aromatic heterocycles. The van der Waals surface area contributed by atoms with E-state index in [0.717, 1.165) is 36.1 Å². The van der Waals surface area contributed by atoms with Crippen molar-refractivity contribution in [2.24, 2.45) is 0 Å². The lowest BCUT2D eigenvalue weighted by Gasteiger charge is -2.13. The first-order chi connectivity index (χ1) is 14.1. The van der Waals surface area contributed by atoms with Gasteiger partial charge in [0.15, 0.2) is 5.56 Å². The molecule has 3 rings (SSSR count). The molecular formula is C22H25ClN2O3S. The van der Waals surface area contributed by atoms with Gasteiger partial charge in [0.05, 0.1) is 0 Å². The summed E-state index contributed by atoms with van der Waals surface area (Å²) in [7, 11) is 0. The van der Waals surface area contributed by atoms with Gasteiger partial charge in [-0.2, -0.15) is 0 Å². The van der Waals surface area contributed by atoms with Crippen LogP contribution in [-0.2, 0) is 0 Å². The second kappa shape index (κ2) is 10.6. The summed E-state index contributed by atoms with van der Waals surface area (Å²) < 4.78 is 11.7. The van der Waals surface area contributed by atoms with Gasteiger partial charge in [-0.25, -0.2) is 0 Å². The zero-order chi connectivity index (χ0) is 20.6. The summed E-state index contributed by atoms with van der Waals surface area (Å²) in [6.07, 6.45) is 2.93. The first-order valence-corrected chi connectivity index (χ1v) is 11.2. The maximum atomic E-state index is 10.2. The Morgan fingerprint density at radius 1 is 1.10 bits per heavy atom. The largest absolute Gasteiger partial charge is 0.508 e. The Morgan fingerprint density at radius 2 is 1.86 bits per heavy atom. The molecule has 0 bridgehead atoms. The Bertz CT molecular complexity index is 901. The molecule has 0 aliphatic rings. The van der Waals surface area contributed by atoms with E-state index in [2.05, 4.69) is 24.0 Å². The molecule has 0 fully saturated rings. The van der Waals surface area contributed by atoms with Crippen molar-refractivity contribution in [3.8, 4) is 23.0 Å². The molecule has 3 aromatic rings. The number of hydrogen-bond donors (Lipinski definition) is 1. The lowest BCUT2D eigenvalue weighted by Crippen LogP contribution is -2.08. The van der Waals surface area contributed by atoms with E-state index >= 15 is 0 Å². The number of aromatic hydroxyl groups is 1. The first kappa shape index (κ1) is 21.5. The van der Waals surface area contributed by atoms with Crippen LogP contribution in [0.5, 0.6) is 11.5 Å². The van der Waals surface area contributed by atoms with Crippen LogP contribution in [-0.4, -0.2) is 26.6 Å². The van der Waals surface area contributed by atoms with E-state index < -0.39 is 0 Å². The van der Waals surface area contributed by atoms with Gasteiger partial charge in [0.25, 0.3) is 0 Å². The van der Waals surface area contributed by atoms with Crippen LogP contribution in [0.25, 0.3) is 11.5 Å². The van der Waals surface area contributed by atoms with Crippen molar-refractivity contribution in [1.82, 2.24) is 10.2 Å². The zero-order valence-electron chi connectivity index (χ0n) is 16.5. The van der Waals surface area contributed by atoms with Gasteiger partial charge in [-0.05, 0) is 48.9 Å². The van der Waals surface area contributed by atoms with E-state index in [4.69, 9.17) is 20.8 Å². The molecule has 0 spiro atoms. The van der Waals surface area contributed by atoms with Crippen molar-refractivity contribution >= 4 is 23.4 Å². The lowest BCUT2D eigenvalue weighted by molar-refractivity contribution is 0.266. The van der Waals surface area contributed by atoms with E-state index in [1.807, 2.05) is 36.4 Å².